The summed E-state index contributed by atoms with van der Waals surface area (Å²) in [5.74, 6) is 0.465. The lowest BCUT2D eigenvalue weighted by Crippen LogP contribution is -2.56. The third-order valence-electron chi connectivity index (χ3n) is 12.4. The zero-order valence-electron chi connectivity index (χ0n) is 24.6. The molecule has 2 aliphatic heterocycles. The number of carbonyl (C=O) groups excluding carboxylic acids is 2. The lowest BCUT2D eigenvalue weighted by Gasteiger charge is -2.59. The van der Waals surface area contributed by atoms with Crippen molar-refractivity contribution >= 4 is 22.7 Å². The summed E-state index contributed by atoms with van der Waals surface area (Å²) in [7, 11) is 0. The Bertz CT molecular complexity index is 1130. The minimum atomic E-state index is -1.33. The summed E-state index contributed by atoms with van der Waals surface area (Å²) >= 11 is 1.19. The van der Waals surface area contributed by atoms with Gasteiger partial charge in [0, 0.05) is 11.8 Å². The van der Waals surface area contributed by atoms with Crippen LogP contribution in [0.4, 0.5) is 0 Å². The van der Waals surface area contributed by atoms with Gasteiger partial charge in [0.15, 0.2) is 10.9 Å². The van der Waals surface area contributed by atoms with E-state index >= 15 is 0 Å². The number of ketones is 1. The van der Waals surface area contributed by atoms with Gasteiger partial charge in [0.1, 0.15) is 5.60 Å². The number of thioether (sulfide) groups is 1. The normalized spacial score (nSPS) is 50.6. The largest absolute Gasteiger partial charge is 0.392 e. The van der Waals surface area contributed by atoms with Gasteiger partial charge in [-0.1, -0.05) is 44.2 Å². The van der Waals surface area contributed by atoms with Crippen molar-refractivity contribution in [2.24, 2.45) is 40.4 Å². The second kappa shape index (κ2) is 9.00. The van der Waals surface area contributed by atoms with Gasteiger partial charge in [-0.15, -0.1) is 0 Å². The molecule has 11 atom stereocenters. The number of allylic oxidation sites excluding steroid dienone is 3. The Morgan fingerprint density at radius 1 is 1.13 bits per heavy atom. The van der Waals surface area contributed by atoms with Crippen LogP contribution in [0.25, 0.3) is 0 Å². The number of hydrogen-bond donors (Lipinski definition) is 1. The van der Waals surface area contributed by atoms with Crippen LogP contribution in [0.3, 0.4) is 0 Å². The molecule has 2 heterocycles. The van der Waals surface area contributed by atoms with E-state index in [4.69, 9.17) is 14.2 Å². The molecular weight excluding hydrogens is 512 g/mol. The van der Waals surface area contributed by atoms with Crippen molar-refractivity contribution in [2.45, 2.75) is 116 Å². The van der Waals surface area contributed by atoms with Gasteiger partial charge in [0.2, 0.25) is 0 Å². The molecular formula is C32H46O6S. The van der Waals surface area contributed by atoms with Gasteiger partial charge in [-0.3, -0.25) is 9.59 Å². The molecule has 3 saturated carbocycles. The fourth-order valence-electron chi connectivity index (χ4n) is 9.97. The van der Waals surface area contributed by atoms with Crippen LogP contribution in [0.15, 0.2) is 23.8 Å². The first-order valence-electron chi connectivity index (χ1n) is 14.9. The molecule has 8 unspecified atom stereocenters. The number of hydrogen-bond acceptors (Lipinski definition) is 7. The van der Waals surface area contributed by atoms with E-state index in [1.807, 2.05) is 13.8 Å². The highest BCUT2D eigenvalue weighted by molar-refractivity contribution is 8.13. The Hall–Kier alpha value is -0.990. The Kier molecular flexibility index (Phi) is 6.50. The third kappa shape index (κ3) is 4.04. The fourth-order valence-corrected chi connectivity index (χ4v) is 10.3. The zero-order valence-corrected chi connectivity index (χ0v) is 25.4. The minimum absolute atomic E-state index is 0.00114. The van der Waals surface area contributed by atoms with Crippen molar-refractivity contribution < 1.29 is 28.9 Å². The molecule has 0 amide bonds. The Balaban J connectivity index is 1.27. The summed E-state index contributed by atoms with van der Waals surface area (Å²) < 4.78 is 19.5. The monoisotopic (exact) mass is 558 g/mol. The number of carbonyl (C=O) groups is 2. The van der Waals surface area contributed by atoms with E-state index in [1.165, 1.54) is 11.8 Å². The summed E-state index contributed by atoms with van der Waals surface area (Å²) in [6, 6.07) is 0. The van der Waals surface area contributed by atoms with E-state index in [-0.39, 0.29) is 46.1 Å². The molecule has 7 heteroatoms. The topological polar surface area (TPSA) is 82.1 Å². The number of fused-ring (bicyclic) bond motifs is 7. The van der Waals surface area contributed by atoms with Crippen molar-refractivity contribution in [3.63, 3.8) is 0 Å². The van der Waals surface area contributed by atoms with E-state index in [0.717, 1.165) is 37.7 Å². The molecule has 1 N–H and O–H groups in total. The van der Waals surface area contributed by atoms with Crippen LogP contribution >= 0.6 is 11.8 Å². The van der Waals surface area contributed by atoms with Crippen LogP contribution in [-0.4, -0.2) is 51.6 Å². The van der Waals surface area contributed by atoms with E-state index in [1.54, 1.807) is 18.4 Å². The lowest BCUT2D eigenvalue weighted by atomic mass is 9.46. The van der Waals surface area contributed by atoms with Crippen molar-refractivity contribution in [1.82, 2.24) is 0 Å². The summed E-state index contributed by atoms with van der Waals surface area (Å²) in [5.41, 5.74) is -0.0293. The average Bonchev–Trinajstić information content (AvgIpc) is 3.26. The number of ether oxygens (including phenoxy) is 3. The average molecular weight is 559 g/mol. The fraction of sp³-hybridized carbons (Fsp3) is 0.812. The second-order valence-electron chi connectivity index (χ2n) is 14.6. The van der Waals surface area contributed by atoms with Crippen LogP contribution in [0, 0.1) is 40.4 Å². The SMILES string of the molecule is CSC(=O)C[C@@]12OC([C@@H](C)C3CCC4C5C(O)CC6=CC(=O)C=CC6(C)C5CCC43C)C[C@@](C)(O1)C(C)(C)O2. The Labute approximate surface area is 237 Å². The maximum absolute atomic E-state index is 12.5. The smallest absolute Gasteiger partial charge is 0.292 e. The van der Waals surface area contributed by atoms with Crippen LogP contribution in [0.2, 0.25) is 0 Å². The van der Waals surface area contributed by atoms with Crippen molar-refractivity contribution in [1.29, 1.82) is 0 Å². The molecule has 39 heavy (non-hydrogen) atoms. The maximum Gasteiger partial charge on any atom is 0.292 e. The summed E-state index contributed by atoms with van der Waals surface area (Å²) in [5, 5.41) is 11.5. The molecule has 2 saturated heterocycles. The quantitative estimate of drug-likeness (QED) is 0.465. The van der Waals surface area contributed by atoms with E-state index in [0.29, 0.717) is 24.2 Å². The molecule has 0 spiro atoms. The van der Waals surface area contributed by atoms with Gasteiger partial charge in [0.25, 0.3) is 5.97 Å². The molecule has 0 aromatic rings. The van der Waals surface area contributed by atoms with Crippen LogP contribution < -0.4 is 0 Å². The summed E-state index contributed by atoms with van der Waals surface area (Å²) in [6.45, 7) is 13.3. The minimum Gasteiger partial charge on any atom is -0.392 e. The number of rotatable bonds is 4. The highest BCUT2D eigenvalue weighted by Crippen LogP contribution is 2.68. The van der Waals surface area contributed by atoms with Crippen LogP contribution in [-0.2, 0) is 23.8 Å². The Morgan fingerprint density at radius 2 is 1.87 bits per heavy atom. The second-order valence-corrected chi connectivity index (χ2v) is 15.4. The third-order valence-corrected chi connectivity index (χ3v) is 13.0. The molecule has 216 valence electrons. The van der Waals surface area contributed by atoms with E-state index in [2.05, 4.69) is 33.8 Å². The molecule has 0 aromatic heterocycles. The first-order chi connectivity index (χ1) is 18.2. The van der Waals surface area contributed by atoms with Crippen molar-refractivity contribution in [2.75, 3.05) is 6.26 Å². The number of aliphatic hydroxyl groups excluding tert-OH is 1. The zero-order chi connectivity index (χ0) is 28.2. The van der Waals surface area contributed by atoms with Crippen LogP contribution in [0.1, 0.15) is 86.5 Å². The lowest BCUT2D eigenvalue weighted by molar-refractivity contribution is -0.392. The van der Waals surface area contributed by atoms with Gasteiger partial charge in [-0.05, 0) is 106 Å². The van der Waals surface area contributed by atoms with Gasteiger partial charge in [-0.2, -0.15) is 0 Å². The molecule has 5 fully saturated rings. The Morgan fingerprint density at radius 3 is 2.59 bits per heavy atom. The standard InChI is InChI=1S/C32H46O6S/c1-18(25-16-31(6)28(2,3)37-32(36-25,38-31)17-26(35)39-7)21-8-9-22-27-23(11-13-30(21,22)5)29(4)12-10-20(33)14-19(29)15-24(27)34/h10,12,14,18,21-25,27,34H,8-9,11,13,15-17H2,1-7H3/t18-,21?,22?,23?,24?,25?,27?,29?,30?,31+,32-/m0/s1. The van der Waals surface area contributed by atoms with Gasteiger partial charge < -0.3 is 19.3 Å². The molecule has 0 radical (unpaired) electrons. The predicted octanol–water partition coefficient (Wildman–Crippen LogP) is 5.82. The predicted molar refractivity (Wildman–Crippen MR) is 151 cm³/mol. The van der Waals surface area contributed by atoms with E-state index in [9.17, 15) is 14.7 Å². The first kappa shape index (κ1) is 28.1. The van der Waals surface area contributed by atoms with Gasteiger partial charge >= 0.3 is 0 Å². The van der Waals surface area contributed by atoms with Crippen molar-refractivity contribution in [3.8, 4) is 0 Å². The molecule has 2 bridgehead atoms. The molecule has 6 aliphatic rings. The van der Waals surface area contributed by atoms with Crippen LogP contribution in [0.5, 0.6) is 0 Å². The first-order valence-corrected chi connectivity index (χ1v) is 16.2. The summed E-state index contributed by atoms with van der Waals surface area (Å²) in [4.78, 5) is 24.7. The summed E-state index contributed by atoms with van der Waals surface area (Å²) in [6.07, 6.45) is 12.8. The maximum atomic E-state index is 12.5. The molecule has 6 rings (SSSR count). The van der Waals surface area contributed by atoms with Crippen molar-refractivity contribution in [3.05, 3.63) is 23.8 Å². The molecule has 4 aliphatic carbocycles. The van der Waals surface area contributed by atoms with Gasteiger partial charge in [-0.25, -0.2) is 0 Å². The highest BCUT2D eigenvalue weighted by atomic mass is 32.2. The molecule has 0 aromatic carbocycles. The number of aliphatic hydroxyl groups is 1. The highest BCUT2D eigenvalue weighted by Gasteiger charge is 2.68. The van der Waals surface area contributed by atoms with Gasteiger partial charge in [0.05, 0.1) is 24.2 Å². The molecule has 6 nitrogen and oxygen atoms in total. The van der Waals surface area contributed by atoms with E-state index < -0.39 is 23.3 Å².